The normalized spacial score (nSPS) is 15.2. The molecule has 0 saturated carbocycles. The molecule has 5 heteroatoms. The first-order chi connectivity index (χ1) is 6.57. The molecule has 0 aromatic carbocycles. The van der Waals surface area contributed by atoms with Gasteiger partial charge in [-0.25, -0.2) is 0 Å². The van der Waals surface area contributed by atoms with Gasteiger partial charge in [-0.1, -0.05) is 0 Å². The van der Waals surface area contributed by atoms with Crippen LogP contribution in [0.5, 0.6) is 0 Å². The first kappa shape index (κ1) is 12.9. The molecule has 0 radical (unpaired) electrons. The lowest BCUT2D eigenvalue weighted by Gasteiger charge is -2.21. The molecule has 5 nitrogen and oxygen atoms in total. The largest absolute Gasteiger partial charge is 0.378 e. The van der Waals surface area contributed by atoms with Crippen LogP contribution in [0.25, 0.3) is 0 Å². The van der Waals surface area contributed by atoms with Crippen molar-refractivity contribution >= 4 is 12.3 Å². The minimum atomic E-state index is 0.0926. The Labute approximate surface area is 84.6 Å². The monoisotopic (exact) mass is 202 g/mol. The van der Waals surface area contributed by atoms with E-state index < -0.39 is 0 Å². The lowest BCUT2D eigenvalue weighted by Crippen LogP contribution is -2.34. The standard InChI is InChI=1S/C5H9NO2.C4H9NO/c7-5-6-1-3-8-4-2-6;1-4(6)5(2)3/h5H,1-4H2;1-3H3. The Balaban J connectivity index is 0.000000255. The molecule has 14 heavy (non-hydrogen) atoms. The predicted octanol–water partition coefficient (Wildman–Crippen LogP) is -0.430. The summed E-state index contributed by atoms with van der Waals surface area (Å²) in [5, 5.41) is 0. The number of carbonyl (C=O) groups is 2. The van der Waals surface area contributed by atoms with Crippen molar-refractivity contribution < 1.29 is 14.3 Å². The minimum absolute atomic E-state index is 0.0926. The molecule has 0 unspecified atom stereocenters. The van der Waals surface area contributed by atoms with Gasteiger partial charge in [-0.2, -0.15) is 0 Å². The lowest BCUT2D eigenvalue weighted by atomic mass is 10.5. The van der Waals surface area contributed by atoms with E-state index in [2.05, 4.69) is 0 Å². The van der Waals surface area contributed by atoms with Crippen LogP contribution in [0, 0.1) is 0 Å². The summed E-state index contributed by atoms with van der Waals surface area (Å²) in [5.74, 6) is 0.0926. The van der Waals surface area contributed by atoms with Crippen LogP contribution >= 0.6 is 0 Å². The number of morpholine rings is 1. The molecule has 1 fully saturated rings. The lowest BCUT2D eigenvalue weighted by molar-refractivity contribution is -0.126. The van der Waals surface area contributed by atoms with E-state index in [0.29, 0.717) is 13.2 Å². The highest BCUT2D eigenvalue weighted by Gasteiger charge is 2.05. The molecule has 82 valence electrons. The van der Waals surface area contributed by atoms with Crippen LogP contribution in [0.2, 0.25) is 0 Å². The first-order valence-corrected chi connectivity index (χ1v) is 4.53. The Morgan fingerprint density at radius 3 is 2.00 bits per heavy atom. The van der Waals surface area contributed by atoms with Gasteiger partial charge in [-0.05, 0) is 0 Å². The van der Waals surface area contributed by atoms with Gasteiger partial charge in [0, 0.05) is 34.1 Å². The van der Waals surface area contributed by atoms with Gasteiger partial charge in [0.15, 0.2) is 0 Å². The summed E-state index contributed by atoms with van der Waals surface area (Å²) in [6, 6.07) is 0. The number of rotatable bonds is 1. The molecule has 0 bridgehead atoms. The van der Waals surface area contributed by atoms with Crippen LogP contribution in [-0.2, 0) is 14.3 Å². The second-order valence-corrected chi connectivity index (χ2v) is 3.17. The Morgan fingerprint density at radius 2 is 1.79 bits per heavy atom. The minimum Gasteiger partial charge on any atom is -0.378 e. The summed E-state index contributed by atoms with van der Waals surface area (Å²) in [6.07, 6.45) is 0.864. The van der Waals surface area contributed by atoms with Crippen molar-refractivity contribution in [3.63, 3.8) is 0 Å². The fourth-order valence-corrected chi connectivity index (χ4v) is 0.683. The van der Waals surface area contributed by atoms with Gasteiger partial charge in [-0.15, -0.1) is 0 Å². The van der Waals surface area contributed by atoms with E-state index in [1.165, 1.54) is 11.8 Å². The summed E-state index contributed by atoms with van der Waals surface area (Å²) in [6.45, 7) is 4.42. The van der Waals surface area contributed by atoms with Crippen molar-refractivity contribution in [3.05, 3.63) is 0 Å². The van der Waals surface area contributed by atoms with Crippen LogP contribution in [0.4, 0.5) is 0 Å². The SMILES string of the molecule is CC(=O)N(C)C.O=CN1CCOCC1. The summed E-state index contributed by atoms with van der Waals surface area (Å²) < 4.78 is 5.00. The van der Waals surface area contributed by atoms with Gasteiger partial charge in [-0.3, -0.25) is 9.59 Å². The van der Waals surface area contributed by atoms with Crippen molar-refractivity contribution in [1.29, 1.82) is 0 Å². The van der Waals surface area contributed by atoms with Crippen LogP contribution < -0.4 is 0 Å². The van der Waals surface area contributed by atoms with Gasteiger partial charge in [0.05, 0.1) is 13.2 Å². The van der Waals surface area contributed by atoms with Crippen molar-refractivity contribution in [3.8, 4) is 0 Å². The molecule has 1 heterocycles. The first-order valence-electron chi connectivity index (χ1n) is 4.53. The Kier molecular flexibility index (Phi) is 6.74. The molecular formula is C9H18N2O3. The quantitative estimate of drug-likeness (QED) is 0.542. The zero-order chi connectivity index (χ0) is 11.0. The third-order valence-electron chi connectivity index (χ3n) is 1.82. The smallest absolute Gasteiger partial charge is 0.218 e. The van der Waals surface area contributed by atoms with Gasteiger partial charge >= 0.3 is 0 Å². The summed E-state index contributed by atoms with van der Waals surface area (Å²) in [4.78, 5) is 23.3. The van der Waals surface area contributed by atoms with Crippen LogP contribution in [0.3, 0.4) is 0 Å². The topological polar surface area (TPSA) is 49.9 Å². The van der Waals surface area contributed by atoms with E-state index in [-0.39, 0.29) is 5.91 Å². The third kappa shape index (κ3) is 6.42. The van der Waals surface area contributed by atoms with Crippen molar-refractivity contribution in [2.75, 3.05) is 40.4 Å². The van der Waals surface area contributed by atoms with Gasteiger partial charge in [0.1, 0.15) is 0 Å². The number of carbonyl (C=O) groups excluding carboxylic acids is 2. The number of nitrogens with zero attached hydrogens (tertiary/aromatic N) is 2. The van der Waals surface area contributed by atoms with E-state index in [1.54, 1.807) is 19.0 Å². The summed E-state index contributed by atoms with van der Waals surface area (Å²) >= 11 is 0. The molecule has 1 aliphatic rings. The fourth-order valence-electron chi connectivity index (χ4n) is 0.683. The zero-order valence-electron chi connectivity index (χ0n) is 9.02. The highest BCUT2D eigenvalue weighted by atomic mass is 16.5. The molecule has 1 saturated heterocycles. The highest BCUT2D eigenvalue weighted by Crippen LogP contribution is 1.90. The fraction of sp³-hybridized carbons (Fsp3) is 0.778. The van der Waals surface area contributed by atoms with Crippen molar-refractivity contribution in [2.24, 2.45) is 0 Å². The number of amides is 2. The average Bonchev–Trinajstić information content (AvgIpc) is 2.20. The van der Waals surface area contributed by atoms with E-state index in [1.807, 2.05) is 0 Å². The van der Waals surface area contributed by atoms with Gasteiger partial charge in [0.2, 0.25) is 12.3 Å². The molecule has 0 atom stereocenters. The molecular weight excluding hydrogens is 184 g/mol. The molecule has 0 aromatic rings. The molecule has 0 spiro atoms. The average molecular weight is 202 g/mol. The molecule has 1 aliphatic heterocycles. The van der Waals surface area contributed by atoms with E-state index in [9.17, 15) is 9.59 Å². The second-order valence-electron chi connectivity index (χ2n) is 3.17. The predicted molar refractivity (Wildman–Crippen MR) is 52.8 cm³/mol. The Bertz CT molecular complexity index is 177. The van der Waals surface area contributed by atoms with E-state index in [4.69, 9.17) is 4.74 Å². The number of hydrogen-bond acceptors (Lipinski definition) is 3. The molecule has 0 N–H and O–H groups in total. The van der Waals surface area contributed by atoms with Crippen molar-refractivity contribution in [1.82, 2.24) is 9.80 Å². The highest BCUT2D eigenvalue weighted by molar-refractivity contribution is 5.72. The zero-order valence-corrected chi connectivity index (χ0v) is 9.02. The maximum absolute atomic E-state index is 10.1. The second kappa shape index (κ2) is 7.32. The molecule has 0 aromatic heterocycles. The molecule has 2 amide bonds. The van der Waals surface area contributed by atoms with E-state index in [0.717, 1.165) is 19.5 Å². The maximum atomic E-state index is 10.1. The summed E-state index contributed by atoms with van der Waals surface area (Å²) in [5.41, 5.74) is 0. The van der Waals surface area contributed by atoms with Crippen LogP contribution in [0.15, 0.2) is 0 Å². The van der Waals surface area contributed by atoms with Crippen LogP contribution in [-0.4, -0.2) is 62.5 Å². The van der Waals surface area contributed by atoms with E-state index >= 15 is 0 Å². The third-order valence-corrected chi connectivity index (χ3v) is 1.82. The maximum Gasteiger partial charge on any atom is 0.218 e. The Morgan fingerprint density at radius 1 is 1.36 bits per heavy atom. The summed E-state index contributed by atoms with van der Waals surface area (Å²) in [7, 11) is 3.45. The number of hydrogen-bond donors (Lipinski definition) is 0. The molecule has 1 rings (SSSR count). The van der Waals surface area contributed by atoms with Crippen LogP contribution in [0.1, 0.15) is 6.92 Å². The number of ether oxygens (including phenoxy) is 1. The van der Waals surface area contributed by atoms with Gasteiger partial charge < -0.3 is 14.5 Å². The Hall–Kier alpha value is -1.10. The van der Waals surface area contributed by atoms with Gasteiger partial charge in [0.25, 0.3) is 0 Å². The molecule has 0 aliphatic carbocycles. The van der Waals surface area contributed by atoms with Crippen molar-refractivity contribution in [2.45, 2.75) is 6.92 Å².